The first-order valence-corrected chi connectivity index (χ1v) is 7.54. The highest BCUT2D eigenvalue weighted by Gasteiger charge is 2.12. The van der Waals surface area contributed by atoms with Crippen LogP contribution in [0.25, 0.3) is 0 Å². The van der Waals surface area contributed by atoms with E-state index in [0.717, 1.165) is 12.1 Å². The van der Waals surface area contributed by atoms with E-state index in [1.807, 2.05) is 30.3 Å². The van der Waals surface area contributed by atoms with Gasteiger partial charge in [-0.25, -0.2) is 4.99 Å². The molecule has 1 saturated carbocycles. The number of rotatable bonds is 6. The summed E-state index contributed by atoms with van der Waals surface area (Å²) < 4.78 is 5.82. The van der Waals surface area contributed by atoms with E-state index in [0.29, 0.717) is 25.2 Å². The fourth-order valence-corrected chi connectivity index (χ4v) is 2.45. The van der Waals surface area contributed by atoms with E-state index in [9.17, 15) is 0 Å². The molecule has 1 aromatic carbocycles. The zero-order valence-corrected chi connectivity index (χ0v) is 12.1. The molecule has 110 valence electrons. The molecule has 0 bridgehead atoms. The molecule has 0 heterocycles. The number of aliphatic imine (C=N–C) groups is 1. The van der Waals surface area contributed by atoms with Crippen LogP contribution >= 0.6 is 0 Å². The Morgan fingerprint density at radius 3 is 2.70 bits per heavy atom. The van der Waals surface area contributed by atoms with Gasteiger partial charge in [0.2, 0.25) is 0 Å². The number of nitrogens with one attached hydrogen (secondary N) is 1. The minimum absolute atomic E-state index is 0.452. The second kappa shape index (κ2) is 8.59. The highest BCUT2D eigenvalue weighted by atomic mass is 16.5. The van der Waals surface area contributed by atoms with Gasteiger partial charge in [-0.05, 0) is 18.4 Å². The van der Waals surface area contributed by atoms with Gasteiger partial charge >= 0.3 is 0 Å². The van der Waals surface area contributed by atoms with Crippen molar-refractivity contribution >= 4 is 5.96 Å². The molecule has 3 N–H and O–H groups in total. The van der Waals surface area contributed by atoms with Crippen LogP contribution in [0.1, 0.15) is 37.7 Å². The zero-order chi connectivity index (χ0) is 14.0. The molecule has 4 nitrogen and oxygen atoms in total. The third-order valence-corrected chi connectivity index (χ3v) is 3.59. The van der Waals surface area contributed by atoms with Gasteiger partial charge in [0.05, 0.1) is 19.3 Å². The van der Waals surface area contributed by atoms with E-state index in [2.05, 4.69) is 10.3 Å². The van der Waals surface area contributed by atoms with E-state index in [4.69, 9.17) is 10.5 Å². The third kappa shape index (κ3) is 5.61. The standard InChI is InChI=1S/C16H25N3O/c17-16(19-13-14-7-3-1-4-8-14)18-11-12-20-15-9-5-2-6-10-15/h1,3-4,7-8,15H,2,5-6,9-13H2,(H3,17,18,19). The number of guanidine groups is 1. The van der Waals surface area contributed by atoms with E-state index in [-0.39, 0.29) is 0 Å². The lowest BCUT2D eigenvalue weighted by Gasteiger charge is -2.22. The lowest BCUT2D eigenvalue weighted by atomic mass is 9.98. The molecule has 0 unspecified atom stereocenters. The van der Waals surface area contributed by atoms with E-state index < -0.39 is 0 Å². The van der Waals surface area contributed by atoms with Crippen molar-refractivity contribution in [1.29, 1.82) is 0 Å². The smallest absolute Gasteiger partial charge is 0.188 e. The van der Waals surface area contributed by atoms with E-state index >= 15 is 0 Å². The van der Waals surface area contributed by atoms with Gasteiger partial charge in [-0.1, -0.05) is 49.6 Å². The van der Waals surface area contributed by atoms with Crippen LogP contribution in [0.4, 0.5) is 0 Å². The molecule has 1 aromatic rings. The maximum atomic E-state index is 5.82. The van der Waals surface area contributed by atoms with Crippen molar-refractivity contribution in [3.63, 3.8) is 0 Å². The van der Waals surface area contributed by atoms with Crippen molar-refractivity contribution in [1.82, 2.24) is 5.32 Å². The Kier molecular flexibility index (Phi) is 6.38. The molecule has 0 aliphatic heterocycles. The van der Waals surface area contributed by atoms with Crippen molar-refractivity contribution in [2.45, 2.75) is 44.8 Å². The molecule has 0 aromatic heterocycles. The number of nitrogens with two attached hydrogens (primary N) is 1. The molecule has 0 amide bonds. The fourth-order valence-electron chi connectivity index (χ4n) is 2.45. The summed E-state index contributed by atoms with van der Waals surface area (Å²) >= 11 is 0. The third-order valence-electron chi connectivity index (χ3n) is 3.59. The minimum Gasteiger partial charge on any atom is -0.376 e. The first-order chi connectivity index (χ1) is 9.84. The topological polar surface area (TPSA) is 59.6 Å². The molecule has 2 rings (SSSR count). The fraction of sp³-hybridized carbons (Fsp3) is 0.562. The molecule has 1 aliphatic carbocycles. The maximum Gasteiger partial charge on any atom is 0.188 e. The Bertz CT molecular complexity index is 399. The first kappa shape index (κ1) is 14.9. The van der Waals surface area contributed by atoms with Crippen LogP contribution in [0.2, 0.25) is 0 Å². The first-order valence-electron chi connectivity index (χ1n) is 7.54. The van der Waals surface area contributed by atoms with Crippen molar-refractivity contribution in [3.05, 3.63) is 35.9 Å². The average Bonchev–Trinajstić information content (AvgIpc) is 2.52. The van der Waals surface area contributed by atoms with Crippen molar-refractivity contribution < 1.29 is 4.74 Å². The molecule has 1 aliphatic rings. The number of hydrogen-bond donors (Lipinski definition) is 2. The van der Waals surface area contributed by atoms with Gasteiger partial charge in [0.15, 0.2) is 5.96 Å². The molecular weight excluding hydrogens is 250 g/mol. The van der Waals surface area contributed by atoms with Crippen LogP contribution in [-0.2, 0) is 11.3 Å². The minimum atomic E-state index is 0.452. The maximum absolute atomic E-state index is 5.82. The molecule has 1 fully saturated rings. The largest absolute Gasteiger partial charge is 0.376 e. The summed E-state index contributed by atoms with van der Waals surface area (Å²) in [5.74, 6) is 0.487. The summed E-state index contributed by atoms with van der Waals surface area (Å²) in [7, 11) is 0. The van der Waals surface area contributed by atoms with Gasteiger partial charge in [-0.3, -0.25) is 0 Å². The Labute approximate surface area is 121 Å². The summed E-state index contributed by atoms with van der Waals surface area (Å²) in [6.07, 6.45) is 6.83. The highest BCUT2D eigenvalue weighted by molar-refractivity contribution is 5.77. The van der Waals surface area contributed by atoms with E-state index in [1.165, 1.54) is 32.1 Å². The Morgan fingerprint density at radius 2 is 1.95 bits per heavy atom. The number of nitrogens with zero attached hydrogens (tertiary/aromatic N) is 1. The van der Waals surface area contributed by atoms with Crippen LogP contribution in [0.3, 0.4) is 0 Å². The molecular formula is C16H25N3O. The molecule has 0 spiro atoms. The lowest BCUT2D eigenvalue weighted by molar-refractivity contribution is 0.0318. The Balaban J connectivity index is 1.58. The second-order valence-electron chi connectivity index (χ2n) is 5.24. The van der Waals surface area contributed by atoms with Crippen molar-refractivity contribution in [2.75, 3.05) is 13.2 Å². The van der Waals surface area contributed by atoms with Gasteiger partial charge in [0, 0.05) is 6.54 Å². The van der Waals surface area contributed by atoms with Gasteiger partial charge in [0.1, 0.15) is 0 Å². The number of hydrogen-bond acceptors (Lipinski definition) is 2. The Morgan fingerprint density at radius 1 is 1.20 bits per heavy atom. The van der Waals surface area contributed by atoms with Crippen LogP contribution in [0.15, 0.2) is 35.3 Å². The highest BCUT2D eigenvalue weighted by Crippen LogP contribution is 2.19. The monoisotopic (exact) mass is 275 g/mol. The average molecular weight is 275 g/mol. The number of benzene rings is 1. The van der Waals surface area contributed by atoms with Crippen molar-refractivity contribution in [3.8, 4) is 0 Å². The van der Waals surface area contributed by atoms with Crippen LogP contribution < -0.4 is 11.1 Å². The molecule has 0 atom stereocenters. The quantitative estimate of drug-likeness (QED) is 0.476. The van der Waals surface area contributed by atoms with Crippen LogP contribution in [-0.4, -0.2) is 25.2 Å². The number of ether oxygens (including phenoxy) is 1. The Hall–Kier alpha value is -1.55. The second-order valence-corrected chi connectivity index (χ2v) is 5.24. The molecule has 20 heavy (non-hydrogen) atoms. The summed E-state index contributed by atoms with van der Waals surface area (Å²) in [5.41, 5.74) is 6.99. The van der Waals surface area contributed by atoms with Crippen molar-refractivity contribution in [2.24, 2.45) is 10.7 Å². The zero-order valence-electron chi connectivity index (χ0n) is 12.1. The SMILES string of the molecule is NC(=NCc1ccccc1)NCCOC1CCCCC1. The lowest BCUT2D eigenvalue weighted by Crippen LogP contribution is -2.35. The molecule has 0 radical (unpaired) electrons. The van der Waals surface area contributed by atoms with E-state index in [1.54, 1.807) is 0 Å². The molecule has 0 saturated heterocycles. The summed E-state index contributed by atoms with van der Waals surface area (Å²) in [6, 6.07) is 10.1. The van der Waals surface area contributed by atoms with Gasteiger partial charge in [-0.2, -0.15) is 0 Å². The molecule has 4 heteroatoms. The summed E-state index contributed by atoms with van der Waals surface area (Å²) in [5, 5.41) is 3.10. The van der Waals surface area contributed by atoms with Crippen LogP contribution in [0.5, 0.6) is 0 Å². The van der Waals surface area contributed by atoms with Gasteiger partial charge in [-0.15, -0.1) is 0 Å². The van der Waals surface area contributed by atoms with Gasteiger partial charge < -0.3 is 15.8 Å². The predicted octanol–water partition coefficient (Wildman–Crippen LogP) is 2.44. The van der Waals surface area contributed by atoms with Gasteiger partial charge in [0.25, 0.3) is 0 Å². The summed E-state index contributed by atoms with van der Waals surface area (Å²) in [6.45, 7) is 2.04. The summed E-state index contributed by atoms with van der Waals surface area (Å²) in [4.78, 5) is 4.31. The normalized spacial score (nSPS) is 17.1. The predicted molar refractivity (Wildman–Crippen MR) is 82.6 cm³/mol. The van der Waals surface area contributed by atoms with Crippen LogP contribution in [0, 0.1) is 0 Å².